The molecule has 0 unspecified atom stereocenters. The molecule has 7 nitrogen and oxygen atoms in total. The minimum Gasteiger partial charge on any atom is -0.357 e. The van der Waals surface area contributed by atoms with E-state index in [1.807, 2.05) is 24.3 Å². The van der Waals surface area contributed by atoms with E-state index in [1.54, 1.807) is 23.1 Å². The summed E-state index contributed by atoms with van der Waals surface area (Å²) in [6, 6.07) is 9.56. The van der Waals surface area contributed by atoms with Gasteiger partial charge in [-0.15, -0.1) is 0 Å². The molecule has 0 fully saturated rings. The van der Waals surface area contributed by atoms with Gasteiger partial charge in [0.1, 0.15) is 6.54 Å². The fourth-order valence-electron chi connectivity index (χ4n) is 2.58. The first-order chi connectivity index (χ1) is 13.2. The molecule has 0 saturated heterocycles. The minimum atomic E-state index is -0.106. The van der Waals surface area contributed by atoms with Gasteiger partial charge in [-0.3, -0.25) is 9.48 Å². The summed E-state index contributed by atoms with van der Waals surface area (Å²) in [4.78, 5) is 16.7. The largest absolute Gasteiger partial charge is 0.357 e. The van der Waals surface area contributed by atoms with Crippen LogP contribution in [0.4, 0.5) is 5.69 Å². The van der Waals surface area contributed by atoms with Crippen LogP contribution in [0.25, 0.3) is 0 Å². The molecule has 3 N–H and O–H groups in total. The molecule has 2 rings (SSSR count). The number of guanidine groups is 1. The van der Waals surface area contributed by atoms with Gasteiger partial charge >= 0.3 is 0 Å². The Balaban J connectivity index is 1.89. The number of nitrogens with one attached hydrogen (secondary N) is 3. The molecule has 7 heteroatoms. The maximum absolute atomic E-state index is 12.1. The van der Waals surface area contributed by atoms with Crippen molar-refractivity contribution in [2.45, 2.75) is 46.2 Å². The van der Waals surface area contributed by atoms with Crippen LogP contribution in [-0.2, 0) is 17.9 Å². The van der Waals surface area contributed by atoms with Crippen molar-refractivity contribution in [3.05, 3.63) is 48.3 Å². The second-order valence-electron chi connectivity index (χ2n) is 6.28. The summed E-state index contributed by atoms with van der Waals surface area (Å²) >= 11 is 0. The number of aromatic nitrogens is 2. The van der Waals surface area contributed by atoms with Crippen molar-refractivity contribution in [1.29, 1.82) is 0 Å². The molecule has 0 saturated carbocycles. The van der Waals surface area contributed by atoms with Gasteiger partial charge in [0.25, 0.3) is 0 Å². The first-order valence-corrected chi connectivity index (χ1v) is 9.59. The number of amides is 1. The molecule has 0 aliphatic carbocycles. The smallest absolute Gasteiger partial charge is 0.246 e. The highest BCUT2D eigenvalue weighted by molar-refractivity contribution is 5.90. The summed E-state index contributed by atoms with van der Waals surface area (Å²) in [6.07, 6.45) is 6.98. The number of carbonyl (C=O) groups is 1. The van der Waals surface area contributed by atoms with Gasteiger partial charge in [0, 0.05) is 31.2 Å². The van der Waals surface area contributed by atoms with Crippen LogP contribution in [0, 0.1) is 0 Å². The fourth-order valence-corrected chi connectivity index (χ4v) is 2.58. The van der Waals surface area contributed by atoms with Crippen LogP contribution in [-0.4, -0.2) is 34.7 Å². The van der Waals surface area contributed by atoms with E-state index in [-0.39, 0.29) is 12.5 Å². The number of anilines is 1. The molecule has 1 heterocycles. The van der Waals surface area contributed by atoms with Crippen molar-refractivity contribution in [2.24, 2.45) is 4.99 Å². The first-order valence-electron chi connectivity index (χ1n) is 9.59. The SMILES string of the molecule is CCCCCNC(=NCc1cccc(NC(=O)Cn2cccn2)c1)NCC. The molecule has 0 spiro atoms. The summed E-state index contributed by atoms with van der Waals surface area (Å²) in [5, 5.41) is 13.6. The van der Waals surface area contributed by atoms with E-state index in [9.17, 15) is 4.79 Å². The van der Waals surface area contributed by atoms with Crippen molar-refractivity contribution >= 4 is 17.6 Å². The van der Waals surface area contributed by atoms with Gasteiger partial charge in [-0.1, -0.05) is 31.9 Å². The zero-order chi connectivity index (χ0) is 19.3. The molecule has 0 radical (unpaired) electrons. The van der Waals surface area contributed by atoms with Crippen molar-refractivity contribution < 1.29 is 4.79 Å². The molecule has 2 aromatic rings. The summed E-state index contributed by atoms with van der Waals surface area (Å²) in [5.74, 6) is 0.715. The monoisotopic (exact) mass is 370 g/mol. The summed E-state index contributed by atoms with van der Waals surface area (Å²) < 4.78 is 1.59. The van der Waals surface area contributed by atoms with E-state index in [1.165, 1.54) is 12.8 Å². The molecule has 1 aromatic heterocycles. The third kappa shape index (κ3) is 7.94. The molecule has 0 atom stereocenters. The highest BCUT2D eigenvalue weighted by Gasteiger charge is 2.04. The second-order valence-corrected chi connectivity index (χ2v) is 6.28. The fraction of sp³-hybridized carbons (Fsp3) is 0.450. The summed E-state index contributed by atoms with van der Waals surface area (Å²) in [6.45, 7) is 6.74. The Morgan fingerprint density at radius 2 is 2.07 bits per heavy atom. The van der Waals surface area contributed by atoms with Crippen LogP contribution in [0.1, 0.15) is 38.7 Å². The van der Waals surface area contributed by atoms with Crippen molar-refractivity contribution in [3.63, 3.8) is 0 Å². The van der Waals surface area contributed by atoms with E-state index in [0.717, 1.165) is 36.7 Å². The predicted molar refractivity (Wildman–Crippen MR) is 110 cm³/mol. The average Bonchev–Trinajstić information content (AvgIpc) is 3.16. The van der Waals surface area contributed by atoms with E-state index in [4.69, 9.17) is 0 Å². The van der Waals surface area contributed by atoms with E-state index < -0.39 is 0 Å². The molecule has 1 amide bonds. The number of hydrogen-bond donors (Lipinski definition) is 3. The quantitative estimate of drug-likeness (QED) is 0.341. The van der Waals surface area contributed by atoms with Gasteiger partial charge in [0.05, 0.1) is 6.54 Å². The lowest BCUT2D eigenvalue weighted by Gasteiger charge is -2.11. The molecular formula is C20H30N6O. The Labute approximate surface area is 161 Å². The van der Waals surface area contributed by atoms with E-state index in [2.05, 4.69) is 39.9 Å². The van der Waals surface area contributed by atoms with Gasteiger partial charge in [0.2, 0.25) is 5.91 Å². The molecule has 0 aliphatic rings. The third-order valence-corrected chi connectivity index (χ3v) is 3.91. The Morgan fingerprint density at radius 1 is 1.19 bits per heavy atom. The molecule has 0 aliphatic heterocycles. The Bertz CT molecular complexity index is 711. The third-order valence-electron chi connectivity index (χ3n) is 3.91. The molecule has 27 heavy (non-hydrogen) atoms. The van der Waals surface area contributed by atoms with Crippen LogP contribution < -0.4 is 16.0 Å². The lowest BCUT2D eigenvalue weighted by molar-refractivity contribution is -0.116. The number of rotatable bonds is 10. The Kier molecular flexibility index (Phi) is 8.89. The van der Waals surface area contributed by atoms with Gasteiger partial charge in [-0.05, 0) is 37.1 Å². The lowest BCUT2D eigenvalue weighted by Crippen LogP contribution is -2.37. The number of carbonyl (C=O) groups excluding carboxylic acids is 1. The standard InChI is InChI=1S/C20H30N6O/c1-3-5-6-11-22-20(21-4-2)23-15-17-9-7-10-18(14-17)25-19(27)16-26-13-8-12-24-26/h7-10,12-14H,3-6,11,15-16H2,1-2H3,(H,25,27)(H2,21,22,23). The normalized spacial score (nSPS) is 11.3. The number of nitrogens with zero attached hydrogens (tertiary/aromatic N) is 3. The van der Waals surface area contributed by atoms with Crippen LogP contribution in [0.2, 0.25) is 0 Å². The van der Waals surface area contributed by atoms with E-state index in [0.29, 0.717) is 6.54 Å². The number of aliphatic imine (C=N–C) groups is 1. The van der Waals surface area contributed by atoms with Crippen molar-refractivity contribution in [1.82, 2.24) is 20.4 Å². The number of unbranched alkanes of at least 4 members (excludes halogenated alkanes) is 2. The highest BCUT2D eigenvalue weighted by Crippen LogP contribution is 2.11. The Morgan fingerprint density at radius 3 is 2.81 bits per heavy atom. The van der Waals surface area contributed by atoms with Crippen LogP contribution in [0.5, 0.6) is 0 Å². The molecular weight excluding hydrogens is 340 g/mol. The van der Waals surface area contributed by atoms with Crippen LogP contribution in [0.3, 0.4) is 0 Å². The van der Waals surface area contributed by atoms with Crippen molar-refractivity contribution in [2.75, 3.05) is 18.4 Å². The second kappa shape index (κ2) is 11.7. The predicted octanol–water partition coefficient (Wildman–Crippen LogP) is 2.77. The van der Waals surface area contributed by atoms with Gasteiger partial charge < -0.3 is 16.0 Å². The highest BCUT2D eigenvalue weighted by atomic mass is 16.2. The molecule has 146 valence electrons. The van der Waals surface area contributed by atoms with Crippen LogP contribution in [0.15, 0.2) is 47.7 Å². The van der Waals surface area contributed by atoms with Gasteiger partial charge in [-0.25, -0.2) is 4.99 Å². The topological polar surface area (TPSA) is 83.3 Å². The van der Waals surface area contributed by atoms with E-state index >= 15 is 0 Å². The Hall–Kier alpha value is -2.83. The average molecular weight is 371 g/mol. The maximum atomic E-state index is 12.1. The zero-order valence-electron chi connectivity index (χ0n) is 16.2. The number of benzene rings is 1. The van der Waals surface area contributed by atoms with Gasteiger partial charge in [-0.2, -0.15) is 5.10 Å². The molecule has 1 aromatic carbocycles. The van der Waals surface area contributed by atoms with Gasteiger partial charge in [0.15, 0.2) is 5.96 Å². The molecule has 0 bridgehead atoms. The zero-order valence-corrected chi connectivity index (χ0v) is 16.2. The first kappa shape index (κ1) is 20.5. The van der Waals surface area contributed by atoms with Crippen LogP contribution >= 0.6 is 0 Å². The minimum absolute atomic E-state index is 0.106. The number of hydrogen-bond acceptors (Lipinski definition) is 3. The summed E-state index contributed by atoms with van der Waals surface area (Å²) in [7, 11) is 0. The lowest BCUT2D eigenvalue weighted by atomic mass is 10.2. The van der Waals surface area contributed by atoms with Crippen molar-refractivity contribution in [3.8, 4) is 0 Å². The summed E-state index contributed by atoms with van der Waals surface area (Å²) in [5.41, 5.74) is 1.80. The maximum Gasteiger partial charge on any atom is 0.246 e.